The van der Waals surface area contributed by atoms with Crippen molar-refractivity contribution in [1.82, 2.24) is 9.21 Å². The molecular weight excluding hydrogens is 408 g/mol. The molecule has 8 heteroatoms. The van der Waals surface area contributed by atoms with Gasteiger partial charge in [0.1, 0.15) is 0 Å². The lowest BCUT2D eigenvalue weighted by molar-refractivity contribution is 0.0509. The Bertz CT molecular complexity index is 931. The highest BCUT2D eigenvalue weighted by atomic mass is 32.2. The van der Waals surface area contributed by atoms with Gasteiger partial charge in [-0.3, -0.25) is 4.79 Å². The summed E-state index contributed by atoms with van der Waals surface area (Å²) in [6.07, 6.45) is 3.75. The standard InChI is InChI=1S/C21H26N2O4S2/c24-21(22(15-18-7-4-12-27-18)16-19-8-5-13-28-19)17-6-3-9-20(14-17)29(25,26)23-10-1-2-11-23/h3,5-6,8-9,13-14,18H,1-2,4,7,10-12,15-16H2/t18-/m0/s1. The first-order valence-electron chi connectivity index (χ1n) is 10.1. The quantitative estimate of drug-likeness (QED) is 0.670. The first kappa shape index (κ1) is 20.5. The molecule has 2 aliphatic rings. The van der Waals surface area contributed by atoms with Crippen molar-refractivity contribution in [3.8, 4) is 0 Å². The molecule has 0 saturated carbocycles. The molecule has 0 N–H and O–H groups in total. The van der Waals surface area contributed by atoms with Gasteiger partial charge >= 0.3 is 0 Å². The van der Waals surface area contributed by atoms with Gasteiger partial charge in [0, 0.05) is 36.7 Å². The molecule has 1 aromatic heterocycles. The molecule has 1 aromatic carbocycles. The Balaban J connectivity index is 1.57. The SMILES string of the molecule is O=C(c1cccc(S(=O)(=O)N2CCCC2)c1)N(Cc1cccs1)C[C@@H]1CCCO1. The molecule has 2 aromatic rings. The molecule has 2 saturated heterocycles. The highest BCUT2D eigenvalue weighted by molar-refractivity contribution is 7.89. The zero-order valence-electron chi connectivity index (χ0n) is 16.3. The Morgan fingerprint density at radius 1 is 1.17 bits per heavy atom. The zero-order chi connectivity index (χ0) is 20.3. The predicted molar refractivity (Wildman–Crippen MR) is 112 cm³/mol. The van der Waals surface area contributed by atoms with Crippen LogP contribution in [0, 0.1) is 0 Å². The van der Waals surface area contributed by atoms with Crippen LogP contribution in [0.15, 0.2) is 46.7 Å². The van der Waals surface area contributed by atoms with E-state index in [1.54, 1.807) is 34.4 Å². The smallest absolute Gasteiger partial charge is 0.254 e. The average Bonchev–Trinajstić information content (AvgIpc) is 3.50. The minimum Gasteiger partial charge on any atom is -0.376 e. The molecule has 0 bridgehead atoms. The van der Waals surface area contributed by atoms with E-state index in [2.05, 4.69) is 0 Å². The van der Waals surface area contributed by atoms with E-state index in [9.17, 15) is 13.2 Å². The average molecular weight is 435 g/mol. The minimum atomic E-state index is -3.55. The summed E-state index contributed by atoms with van der Waals surface area (Å²) in [6, 6.07) is 10.4. The van der Waals surface area contributed by atoms with Gasteiger partial charge in [0.25, 0.3) is 5.91 Å². The van der Waals surface area contributed by atoms with E-state index >= 15 is 0 Å². The van der Waals surface area contributed by atoms with E-state index in [0.29, 0.717) is 31.7 Å². The van der Waals surface area contributed by atoms with Gasteiger partial charge in [-0.2, -0.15) is 4.31 Å². The number of thiophene rings is 1. The van der Waals surface area contributed by atoms with E-state index in [1.807, 2.05) is 17.5 Å². The third kappa shape index (κ3) is 4.71. The third-order valence-electron chi connectivity index (χ3n) is 5.45. The van der Waals surface area contributed by atoms with Crippen LogP contribution in [0.5, 0.6) is 0 Å². The Morgan fingerprint density at radius 3 is 2.69 bits per heavy atom. The topological polar surface area (TPSA) is 66.9 Å². The monoisotopic (exact) mass is 434 g/mol. The van der Waals surface area contributed by atoms with Crippen molar-refractivity contribution in [1.29, 1.82) is 0 Å². The Labute approximate surface area is 176 Å². The molecule has 2 fully saturated rings. The zero-order valence-corrected chi connectivity index (χ0v) is 18.0. The number of amides is 1. The summed E-state index contributed by atoms with van der Waals surface area (Å²) < 4.78 is 33.0. The molecular formula is C21H26N2O4S2. The minimum absolute atomic E-state index is 0.0374. The first-order valence-corrected chi connectivity index (χ1v) is 12.4. The van der Waals surface area contributed by atoms with E-state index in [0.717, 1.165) is 37.2 Å². The van der Waals surface area contributed by atoms with Gasteiger partial charge in [0.2, 0.25) is 10.0 Å². The van der Waals surface area contributed by atoms with Crippen LogP contribution in [0.3, 0.4) is 0 Å². The van der Waals surface area contributed by atoms with Crippen molar-refractivity contribution < 1.29 is 17.9 Å². The van der Waals surface area contributed by atoms with Crippen LogP contribution in [0.2, 0.25) is 0 Å². The van der Waals surface area contributed by atoms with E-state index in [1.165, 1.54) is 10.4 Å². The number of sulfonamides is 1. The summed E-state index contributed by atoms with van der Waals surface area (Å²) in [5.41, 5.74) is 0.403. The number of ether oxygens (including phenoxy) is 1. The Hall–Kier alpha value is -1.74. The first-order chi connectivity index (χ1) is 14.0. The maximum atomic E-state index is 13.3. The van der Waals surface area contributed by atoms with Crippen LogP contribution in [0.25, 0.3) is 0 Å². The van der Waals surface area contributed by atoms with Crippen LogP contribution in [0.1, 0.15) is 40.9 Å². The van der Waals surface area contributed by atoms with Gasteiger partial charge in [-0.25, -0.2) is 8.42 Å². The molecule has 1 amide bonds. The molecule has 156 valence electrons. The normalized spacial score (nSPS) is 20.2. The fourth-order valence-electron chi connectivity index (χ4n) is 3.89. The second-order valence-corrected chi connectivity index (χ2v) is 10.5. The predicted octanol–water partition coefficient (Wildman–Crippen LogP) is 3.35. The van der Waals surface area contributed by atoms with Crippen molar-refractivity contribution >= 4 is 27.3 Å². The second-order valence-electron chi connectivity index (χ2n) is 7.54. The fraction of sp³-hybridized carbons (Fsp3) is 0.476. The summed E-state index contributed by atoms with van der Waals surface area (Å²) in [5, 5.41) is 1.99. The number of rotatable bonds is 7. The molecule has 6 nitrogen and oxygen atoms in total. The summed E-state index contributed by atoms with van der Waals surface area (Å²) in [6.45, 7) is 2.84. The van der Waals surface area contributed by atoms with Crippen LogP contribution in [-0.2, 0) is 21.3 Å². The lowest BCUT2D eigenvalue weighted by Crippen LogP contribution is -2.37. The van der Waals surface area contributed by atoms with E-state index < -0.39 is 10.0 Å². The summed E-state index contributed by atoms with van der Waals surface area (Å²) in [5.74, 6) is -0.160. The molecule has 0 radical (unpaired) electrons. The number of carbonyl (C=O) groups is 1. The molecule has 29 heavy (non-hydrogen) atoms. The third-order valence-corrected chi connectivity index (χ3v) is 8.20. The van der Waals surface area contributed by atoms with Gasteiger partial charge in [-0.05, 0) is 55.3 Å². The molecule has 0 spiro atoms. The molecule has 0 aliphatic carbocycles. The van der Waals surface area contributed by atoms with Crippen molar-refractivity contribution in [3.05, 3.63) is 52.2 Å². The number of hydrogen-bond donors (Lipinski definition) is 0. The lowest BCUT2D eigenvalue weighted by atomic mass is 10.1. The van der Waals surface area contributed by atoms with Gasteiger partial charge in [0.15, 0.2) is 0 Å². The molecule has 3 heterocycles. The van der Waals surface area contributed by atoms with Crippen molar-refractivity contribution in [2.75, 3.05) is 26.2 Å². The van der Waals surface area contributed by atoms with Crippen molar-refractivity contribution in [2.45, 2.75) is 43.2 Å². The van der Waals surface area contributed by atoms with Crippen LogP contribution in [0.4, 0.5) is 0 Å². The number of nitrogens with zero attached hydrogens (tertiary/aromatic N) is 2. The van der Waals surface area contributed by atoms with Gasteiger partial charge in [0.05, 0.1) is 17.5 Å². The Morgan fingerprint density at radius 2 is 2.00 bits per heavy atom. The fourth-order valence-corrected chi connectivity index (χ4v) is 6.18. The number of benzene rings is 1. The van der Waals surface area contributed by atoms with Gasteiger partial charge in [-0.15, -0.1) is 11.3 Å². The van der Waals surface area contributed by atoms with Crippen LogP contribution < -0.4 is 0 Å². The second kappa shape index (κ2) is 8.95. The van der Waals surface area contributed by atoms with E-state index in [4.69, 9.17) is 4.74 Å². The summed E-state index contributed by atoms with van der Waals surface area (Å²) in [4.78, 5) is 16.4. The molecule has 2 aliphatic heterocycles. The maximum Gasteiger partial charge on any atom is 0.254 e. The van der Waals surface area contributed by atoms with Crippen molar-refractivity contribution in [3.63, 3.8) is 0 Å². The maximum absolute atomic E-state index is 13.3. The summed E-state index contributed by atoms with van der Waals surface area (Å²) in [7, 11) is -3.55. The number of hydrogen-bond acceptors (Lipinski definition) is 5. The summed E-state index contributed by atoms with van der Waals surface area (Å²) >= 11 is 1.61. The Kier molecular flexibility index (Phi) is 6.34. The highest BCUT2D eigenvalue weighted by Crippen LogP contribution is 2.24. The van der Waals surface area contributed by atoms with Gasteiger partial charge in [-0.1, -0.05) is 12.1 Å². The molecule has 1 atom stereocenters. The van der Waals surface area contributed by atoms with Crippen LogP contribution >= 0.6 is 11.3 Å². The lowest BCUT2D eigenvalue weighted by Gasteiger charge is -2.25. The van der Waals surface area contributed by atoms with Crippen LogP contribution in [-0.4, -0.2) is 55.9 Å². The van der Waals surface area contributed by atoms with Crippen molar-refractivity contribution in [2.24, 2.45) is 0 Å². The molecule has 4 rings (SSSR count). The highest BCUT2D eigenvalue weighted by Gasteiger charge is 2.29. The van der Waals surface area contributed by atoms with E-state index in [-0.39, 0.29) is 16.9 Å². The van der Waals surface area contributed by atoms with Gasteiger partial charge < -0.3 is 9.64 Å². The number of carbonyl (C=O) groups excluding carboxylic acids is 1. The molecule has 0 unspecified atom stereocenters. The largest absolute Gasteiger partial charge is 0.376 e.